The van der Waals surface area contributed by atoms with E-state index in [-0.39, 0.29) is 11.2 Å². The van der Waals surface area contributed by atoms with E-state index in [4.69, 9.17) is 0 Å². The molecule has 1 aliphatic heterocycles. The molecule has 0 atom stereocenters. The second-order valence-electron chi connectivity index (χ2n) is 6.39. The molecule has 23 heavy (non-hydrogen) atoms. The molecule has 2 aromatic carbocycles. The predicted molar refractivity (Wildman–Crippen MR) is 89.8 cm³/mol. The van der Waals surface area contributed by atoms with Crippen LogP contribution in [-0.4, -0.2) is 10.5 Å². The number of allylic oxidation sites excluding steroid dienone is 1. The van der Waals surface area contributed by atoms with Crippen molar-refractivity contribution in [3.05, 3.63) is 64.0 Å². The Morgan fingerprint density at radius 1 is 1.13 bits per heavy atom. The maximum absolute atomic E-state index is 13.7. The van der Waals surface area contributed by atoms with Crippen molar-refractivity contribution in [2.75, 3.05) is 5.32 Å². The van der Waals surface area contributed by atoms with Gasteiger partial charge in [0, 0.05) is 17.3 Å². The summed E-state index contributed by atoms with van der Waals surface area (Å²) in [5, 5.41) is 14.3. The number of hydrogen-bond acceptors (Lipinski definition) is 3. The summed E-state index contributed by atoms with van der Waals surface area (Å²) >= 11 is 0. The Labute approximate surface area is 133 Å². The zero-order chi connectivity index (χ0) is 16.8. The van der Waals surface area contributed by atoms with Crippen LogP contribution < -0.4 is 5.32 Å². The molecule has 0 saturated heterocycles. The first-order valence-corrected chi connectivity index (χ1v) is 7.33. The van der Waals surface area contributed by atoms with E-state index in [1.54, 1.807) is 0 Å². The van der Waals surface area contributed by atoms with Gasteiger partial charge in [0.2, 0.25) is 0 Å². The molecule has 0 saturated carbocycles. The lowest BCUT2D eigenvalue weighted by atomic mass is 9.89. The highest BCUT2D eigenvalue weighted by Gasteiger charge is 2.22. The summed E-state index contributed by atoms with van der Waals surface area (Å²) in [6.45, 7) is 6.20. The van der Waals surface area contributed by atoms with Gasteiger partial charge in [0.25, 0.3) is 5.69 Å². The van der Waals surface area contributed by atoms with Crippen LogP contribution in [0.2, 0.25) is 0 Å². The summed E-state index contributed by atoms with van der Waals surface area (Å²) < 4.78 is 13.7. The van der Waals surface area contributed by atoms with Gasteiger partial charge < -0.3 is 5.32 Å². The molecule has 2 aromatic rings. The first kappa shape index (κ1) is 15.2. The molecule has 0 aromatic heterocycles. The molecule has 0 spiro atoms. The van der Waals surface area contributed by atoms with Crippen molar-refractivity contribution in [2.24, 2.45) is 0 Å². The van der Waals surface area contributed by atoms with Gasteiger partial charge in [0.05, 0.1) is 16.5 Å². The van der Waals surface area contributed by atoms with Gasteiger partial charge >= 0.3 is 0 Å². The number of benzene rings is 2. The highest BCUT2D eigenvalue weighted by atomic mass is 19.1. The number of rotatable bonds is 2. The van der Waals surface area contributed by atoms with E-state index in [1.165, 1.54) is 12.1 Å². The molecule has 5 heteroatoms. The zero-order valence-electron chi connectivity index (χ0n) is 13.2. The molecule has 1 N–H and O–H groups in total. The van der Waals surface area contributed by atoms with Crippen molar-refractivity contribution in [1.29, 1.82) is 0 Å². The van der Waals surface area contributed by atoms with Crippen LogP contribution in [0.3, 0.4) is 0 Å². The SMILES string of the molecule is CC1=CC(C)(C)Nc2ccc(-c3cc(F)cc([N+](=O)[O-])c3)cc21. The molecule has 118 valence electrons. The largest absolute Gasteiger partial charge is 0.376 e. The number of nitro groups is 1. The average Bonchev–Trinajstić information content (AvgIpc) is 2.45. The Balaban J connectivity index is 2.10. The van der Waals surface area contributed by atoms with Crippen LogP contribution in [0.1, 0.15) is 26.3 Å². The van der Waals surface area contributed by atoms with Crippen LogP contribution in [0.5, 0.6) is 0 Å². The maximum atomic E-state index is 13.7. The van der Waals surface area contributed by atoms with Crippen LogP contribution in [-0.2, 0) is 0 Å². The van der Waals surface area contributed by atoms with Gasteiger partial charge in [-0.2, -0.15) is 0 Å². The third-order valence-electron chi connectivity index (χ3n) is 3.91. The summed E-state index contributed by atoms with van der Waals surface area (Å²) in [4.78, 5) is 10.3. The highest BCUT2D eigenvalue weighted by Crippen LogP contribution is 2.37. The normalized spacial score (nSPS) is 15.4. The minimum atomic E-state index is -0.613. The van der Waals surface area contributed by atoms with Gasteiger partial charge in [-0.15, -0.1) is 0 Å². The lowest BCUT2D eigenvalue weighted by Gasteiger charge is -2.31. The molecule has 3 rings (SSSR count). The number of non-ortho nitro benzene ring substituents is 1. The number of hydrogen-bond donors (Lipinski definition) is 1. The summed E-state index contributed by atoms with van der Waals surface area (Å²) in [5.74, 6) is -0.613. The van der Waals surface area contributed by atoms with Gasteiger partial charge in [-0.1, -0.05) is 12.1 Å². The Morgan fingerprint density at radius 2 is 1.87 bits per heavy atom. The summed E-state index contributed by atoms with van der Waals surface area (Å²) in [7, 11) is 0. The number of nitro benzene ring substituents is 1. The lowest BCUT2D eigenvalue weighted by molar-refractivity contribution is -0.385. The van der Waals surface area contributed by atoms with Gasteiger partial charge in [-0.05, 0) is 55.7 Å². The Bertz CT molecular complexity index is 841. The Morgan fingerprint density at radius 3 is 2.57 bits per heavy atom. The molecule has 0 amide bonds. The van der Waals surface area contributed by atoms with Crippen molar-refractivity contribution < 1.29 is 9.31 Å². The van der Waals surface area contributed by atoms with Crippen LogP contribution in [0, 0.1) is 15.9 Å². The van der Waals surface area contributed by atoms with Gasteiger partial charge in [0.1, 0.15) is 5.82 Å². The van der Waals surface area contributed by atoms with Crippen LogP contribution in [0.15, 0.2) is 42.5 Å². The first-order valence-electron chi connectivity index (χ1n) is 7.33. The molecular formula is C18H17FN2O2. The molecule has 0 unspecified atom stereocenters. The topological polar surface area (TPSA) is 55.2 Å². The van der Waals surface area contributed by atoms with Crippen LogP contribution >= 0.6 is 0 Å². The van der Waals surface area contributed by atoms with Gasteiger partial charge in [0.15, 0.2) is 0 Å². The van der Waals surface area contributed by atoms with Crippen molar-refractivity contribution >= 4 is 16.9 Å². The number of nitrogens with one attached hydrogen (secondary N) is 1. The van der Waals surface area contributed by atoms with Crippen molar-refractivity contribution in [1.82, 2.24) is 0 Å². The number of halogens is 1. The molecule has 0 fully saturated rings. The molecule has 0 bridgehead atoms. The standard InChI is InChI=1S/C18H17FN2O2/c1-11-10-18(2,3)20-17-5-4-12(8-16(11)17)13-6-14(19)9-15(7-13)21(22)23/h4-10,20H,1-3H3. The minimum absolute atomic E-state index is 0.129. The Kier molecular flexibility index (Phi) is 3.43. The molecule has 4 nitrogen and oxygen atoms in total. The molecule has 0 aliphatic carbocycles. The quantitative estimate of drug-likeness (QED) is 0.626. The van der Waals surface area contributed by atoms with E-state index < -0.39 is 10.7 Å². The smallest absolute Gasteiger partial charge is 0.272 e. The van der Waals surface area contributed by atoms with E-state index in [9.17, 15) is 14.5 Å². The highest BCUT2D eigenvalue weighted by molar-refractivity contribution is 5.84. The fourth-order valence-corrected chi connectivity index (χ4v) is 3.01. The number of nitrogens with zero attached hydrogens (tertiary/aromatic N) is 1. The number of fused-ring (bicyclic) bond motifs is 1. The van der Waals surface area contributed by atoms with E-state index in [0.29, 0.717) is 5.56 Å². The second-order valence-corrected chi connectivity index (χ2v) is 6.39. The van der Waals surface area contributed by atoms with E-state index in [1.807, 2.05) is 25.1 Å². The van der Waals surface area contributed by atoms with Crippen molar-refractivity contribution in [3.8, 4) is 11.1 Å². The molecular weight excluding hydrogens is 295 g/mol. The van der Waals surface area contributed by atoms with Crippen LogP contribution in [0.4, 0.5) is 15.8 Å². The summed E-state index contributed by atoms with van der Waals surface area (Å²) in [6, 6.07) is 9.34. The summed E-state index contributed by atoms with van der Waals surface area (Å²) in [6.07, 6.45) is 2.13. The van der Waals surface area contributed by atoms with Crippen molar-refractivity contribution in [3.63, 3.8) is 0 Å². The molecule has 0 radical (unpaired) electrons. The van der Waals surface area contributed by atoms with Crippen LogP contribution in [0.25, 0.3) is 16.7 Å². The second kappa shape index (κ2) is 5.19. The van der Waals surface area contributed by atoms with E-state index in [2.05, 4.69) is 25.2 Å². The molecule has 1 heterocycles. The van der Waals surface area contributed by atoms with E-state index >= 15 is 0 Å². The lowest BCUT2D eigenvalue weighted by Crippen LogP contribution is -2.31. The van der Waals surface area contributed by atoms with Gasteiger partial charge in [-0.25, -0.2) is 4.39 Å². The third-order valence-corrected chi connectivity index (χ3v) is 3.91. The molecule has 1 aliphatic rings. The third kappa shape index (κ3) is 2.95. The first-order chi connectivity index (χ1) is 10.7. The Hall–Kier alpha value is -2.69. The monoisotopic (exact) mass is 312 g/mol. The fourth-order valence-electron chi connectivity index (χ4n) is 3.01. The van der Waals surface area contributed by atoms with Crippen molar-refractivity contribution in [2.45, 2.75) is 26.3 Å². The average molecular weight is 312 g/mol. The zero-order valence-corrected chi connectivity index (χ0v) is 13.2. The predicted octanol–water partition coefficient (Wildman–Crippen LogP) is 5.01. The fraction of sp³-hybridized carbons (Fsp3) is 0.222. The van der Waals surface area contributed by atoms with E-state index in [0.717, 1.165) is 28.5 Å². The summed E-state index contributed by atoms with van der Waals surface area (Å²) in [5.41, 5.74) is 4.02. The number of anilines is 1. The maximum Gasteiger partial charge on any atom is 0.272 e. The van der Waals surface area contributed by atoms with Gasteiger partial charge in [-0.3, -0.25) is 10.1 Å². The minimum Gasteiger partial charge on any atom is -0.376 e.